The molecule has 1 heterocycles. The van der Waals surface area contributed by atoms with E-state index in [9.17, 15) is 0 Å². The third kappa shape index (κ3) is 2.64. The fourth-order valence-electron chi connectivity index (χ4n) is 0.990. The molecule has 68 valence electrons. The number of aromatic amines is 1. The summed E-state index contributed by atoms with van der Waals surface area (Å²) in [6.45, 7) is 4.91. The number of H-pyrrole nitrogens is 1. The van der Waals surface area contributed by atoms with Crippen LogP contribution in [0.15, 0.2) is 6.20 Å². The summed E-state index contributed by atoms with van der Waals surface area (Å²) in [6.07, 6.45) is 1.86. The van der Waals surface area contributed by atoms with Crippen LogP contribution in [-0.4, -0.2) is 30.3 Å². The number of aromatic nitrogens is 2. The quantitative estimate of drug-likeness (QED) is 0.544. The van der Waals surface area contributed by atoms with Gasteiger partial charge in [0.1, 0.15) is 0 Å². The van der Waals surface area contributed by atoms with E-state index in [0.29, 0.717) is 0 Å². The fourth-order valence-corrected chi connectivity index (χ4v) is 0.990. The van der Waals surface area contributed by atoms with Crippen LogP contribution < -0.4 is 10.6 Å². The first kappa shape index (κ1) is 9.22. The number of hydrogen-bond donors (Lipinski definition) is 3. The van der Waals surface area contributed by atoms with Gasteiger partial charge in [0.2, 0.25) is 0 Å². The molecule has 0 unspecified atom stereocenters. The lowest BCUT2D eigenvalue weighted by molar-refractivity contribution is 0.649. The van der Waals surface area contributed by atoms with Gasteiger partial charge < -0.3 is 10.6 Å². The van der Waals surface area contributed by atoms with Crippen molar-refractivity contribution in [2.45, 2.75) is 13.5 Å². The Morgan fingerprint density at radius 2 is 2.33 bits per heavy atom. The molecule has 0 amide bonds. The summed E-state index contributed by atoms with van der Waals surface area (Å²) in [6, 6.07) is 0. The van der Waals surface area contributed by atoms with Crippen molar-refractivity contribution in [2.75, 3.05) is 20.1 Å². The molecule has 0 radical (unpaired) electrons. The molecule has 0 spiro atoms. The largest absolute Gasteiger partial charge is 0.318 e. The number of nitrogens with one attached hydrogen (secondary N) is 3. The van der Waals surface area contributed by atoms with E-state index >= 15 is 0 Å². The molecule has 0 saturated heterocycles. The summed E-state index contributed by atoms with van der Waals surface area (Å²) in [5.74, 6) is 0. The molecule has 1 aromatic rings. The minimum atomic E-state index is 0.893. The maximum absolute atomic E-state index is 3.94. The summed E-state index contributed by atoms with van der Waals surface area (Å²) in [7, 11) is 1.95. The zero-order valence-electron chi connectivity index (χ0n) is 7.65. The Morgan fingerprint density at radius 1 is 1.50 bits per heavy atom. The van der Waals surface area contributed by atoms with Crippen LogP contribution in [0.5, 0.6) is 0 Å². The number of nitrogens with zero attached hydrogens (tertiary/aromatic N) is 1. The van der Waals surface area contributed by atoms with Gasteiger partial charge in [-0.25, -0.2) is 0 Å². The third-order valence-corrected chi connectivity index (χ3v) is 1.80. The van der Waals surface area contributed by atoms with E-state index in [1.807, 2.05) is 20.2 Å². The van der Waals surface area contributed by atoms with Crippen molar-refractivity contribution < 1.29 is 0 Å². The maximum Gasteiger partial charge on any atom is 0.0535 e. The molecule has 1 aromatic heterocycles. The standard InChI is InChI=1S/C8H16N4/c1-7-8(6-11-12-7)5-10-4-3-9-2/h6,9-10H,3-5H2,1-2H3,(H,11,12). The van der Waals surface area contributed by atoms with Crippen LogP contribution in [0.4, 0.5) is 0 Å². The minimum absolute atomic E-state index is 0.893. The molecule has 0 aliphatic rings. The molecule has 0 saturated carbocycles. The highest BCUT2D eigenvalue weighted by atomic mass is 15.1. The van der Waals surface area contributed by atoms with E-state index in [2.05, 4.69) is 20.8 Å². The van der Waals surface area contributed by atoms with Crippen LogP contribution in [0, 0.1) is 6.92 Å². The third-order valence-electron chi connectivity index (χ3n) is 1.80. The molecule has 4 nitrogen and oxygen atoms in total. The fraction of sp³-hybridized carbons (Fsp3) is 0.625. The first-order chi connectivity index (χ1) is 5.84. The van der Waals surface area contributed by atoms with Crippen molar-refractivity contribution >= 4 is 0 Å². The number of rotatable bonds is 5. The smallest absolute Gasteiger partial charge is 0.0535 e. The van der Waals surface area contributed by atoms with Gasteiger partial charge in [-0.1, -0.05) is 0 Å². The zero-order valence-corrected chi connectivity index (χ0v) is 7.65. The number of aryl methyl sites for hydroxylation is 1. The molecule has 1 rings (SSSR count). The second-order valence-corrected chi connectivity index (χ2v) is 2.80. The van der Waals surface area contributed by atoms with Crippen molar-refractivity contribution in [3.05, 3.63) is 17.5 Å². The van der Waals surface area contributed by atoms with Gasteiger partial charge >= 0.3 is 0 Å². The van der Waals surface area contributed by atoms with Crippen molar-refractivity contribution in [1.29, 1.82) is 0 Å². The first-order valence-electron chi connectivity index (χ1n) is 4.18. The lowest BCUT2D eigenvalue weighted by Gasteiger charge is -2.02. The Bertz CT molecular complexity index is 219. The SMILES string of the molecule is CNCCNCc1cn[nH]c1C. The topological polar surface area (TPSA) is 52.7 Å². The molecule has 3 N–H and O–H groups in total. The Hall–Kier alpha value is -0.870. The van der Waals surface area contributed by atoms with Crippen LogP contribution in [-0.2, 0) is 6.54 Å². The first-order valence-corrected chi connectivity index (χ1v) is 4.18. The van der Waals surface area contributed by atoms with Gasteiger partial charge in [-0.05, 0) is 14.0 Å². The van der Waals surface area contributed by atoms with Gasteiger partial charge in [0.15, 0.2) is 0 Å². The average molecular weight is 168 g/mol. The van der Waals surface area contributed by atoms with Crippen LogP contribution in [0.3, 0.4) is 0 Å². The monoisotopic (exact) mass is 168 g/mol. The number of hydrogen-bond acceptors (Lipinski definition) is 3. The number of likely N-dealkylation sites (N-methyl/N-ethyl adjacent to an activating group) is 1. The Labute approximate surface area is 72.8 Å². The van der Waals surface area contributed by atoms with Crippen LogP contribution in [0.1, 0.15) is 11.3 Å². The van der Waals surface area contributed by atoms with E-state index < -0.39 is 0 Å². The van der Waals surface area contributed by atoms with Gasteiger partial charge in [-0.3, -0.25) is 5.10 Å². The second kappa shape index (κ2) is 4.90. The van der Waals surface area contributed by atoms with Gasteiger partial charge in [0.05, 0.1) is 6.20 Å². The highest BCUT2D eigenvalue weighted by molar-refractivity contribution is 5.13. The van der Waals surface area contributed by atoms with E-state index in [1.54, 1.807) is 0 Å². The van der Waals surface area contributed by atoms with Crippen molar-refractivity contribution in [3.8, 4) is 0 Å². The Morgan fingerprint density at radius 3 is 2.92 bits per heavy atom. The molecule has 4 heteroatoms. The molecule has 12 heavy (non-hydrogen) atoms. The zero-order chi connectivity index (χ0) is 8.81. The van der Waals surface area contributed by atoms with Crippen molar-refractivity contribution in [1.82, 2.24) is 20.8 Å². The highest BCUT2D eigenvalue weighted by Crippen LogP contribution is 2.00. The van der Waals surface area contributed by atoms with E-state index in [1.165, 1.54) is 5.56 Å². The molecule has 0 aliphatic heterocycles. The van der Waals surface area contributed by atoms with Gasteiger partial charge in [-0.15, -0.1) is 0 Å². The second-order valence-electron chi connectivity index (χ2n) is 2.80. The lowest BCUT2D eigenvalue weighted by Crippen LogP contribution is -2.24. The lowest BCUT2D eigenvalue weighted by atomic mass is 10.3. The van der Waals surface area contributed by atoms with Gasteiger partial charge in [0.25, 0.3) is 0 Å². The molecule has 0 fully saturated rings. The summed E-state index contributed by atoms with van der Waals surface area (Å²) in [4.78, 5) is 0. The molecule has 0 bridgehead atoms. The molecule has 0 aliphatic carbocycles. The predicted molar refractivity (Wildman–Crippen MR) is 49.0 cm³/mol. The molecular weight excluding hydrogens is 152 g/mol. The average Bonchev–Trinajstić information content (AvgIpc) is 2.46. The maximum atomic E-state index is 3.94. The van der Waals surface area contributed by atoms with Crippen molar-refractivity contribution in [2.24, 2.45) is 0 Å². The van der Waals surface area contributed by atoms with E-state index in [0.717, 1.165) is 25.3 Å². The van der Waals surface area contributed by atoms with Crippen LogP contribution >= 0.6 is 0 Å². The summed E-state index contributed by atoms with van der Waals surface area (Å²) < 4.78 is 0. The van der Waals surface area contributed by atoms with Crippen LogP contribution in [0.2, 0.25) is 0 Å². The highest BCUT2D eigenvalue weighted by Gasteiger charge is 1.97. The predicted octanol–water partition coefficient (Wildman–Crippen LogP) is 0.0271. The summed E-state index contributed by atoms with van der Waals surface area (Å²) >= 11 is 0. The van der Waals surface area contributed by atoms with Crippen molar-refractivity contribution in [3.63, 3.8) is 0 Å². The molecule has 0 aromatic carbocycles. The summed E-state index contributed by atoms with van der Waals surface area (Å²) in [5, 5.41) is 13.2. The Balaban J connectivity index is 2.20. The minimum Gasteiger partial charge on any atom is -0.318 e. The molecule has 0 atom stereocenters. The van der Waals surface area contributed by atoms with E-state index in [4.69, 9.17) is 0 Å². The van der Waals surface area contributed by atoms with Gasteiger partial charge in [-0.2, -0.15) is 5.10 Å². The summed E-state index contributed by atoms with van der Waals surface area (Å²) in [5.41, 5.74) is 2.39. The molecular formula is C8H16N4. The normalized spacial score (nSPS) is 10.5. The Kier molecular flexibility index (Phi) is 3.76. The van der Waals surface area contributed by atoms with E-state index in [-0.39, 0.29) is 0 Å². The van der Waals surface area contributed by atoms with Gasteiger partial charge in [0, 0.05) is 30.9 Å². The van der Waals surface area contributed by atoms with Crippen LogP contribution in [0.25, 0.3) is 0 Å².